The van der Waals surface area contributed by atoms with Crippen LogP contribution in [-0.4, -0.2) is 35.6 Å². The minimum absolute atomic E-state index is 0.0169. The largest absolute Gasteiger partial charge is 0.481 e. The molecule has 0 saturated heterocycles. The van der Waals surface area contributed by atoms with Gasteiger partial charge in [-0.1, -0.05) is 0 Å². The molecule has 0 bridgehead atoms. The normalized spacial score (nSPS) is 22.1. The molecule has 0 heterocycles. The number of nitrogens with one attached hydrogen (secondary N) is 1. The SMILES string of the molecule is CCOC(=O)C1CCC(NC(=O)CCCC(=O)O)CC1. The predicted molar refractivity (Wildman–Crippen MR) is 72.0 cm³/mol. The molecule has 0 atom stereocenters. The Morgan fingerprint density at radius 2 is 1.80 bits per heavy atom. The second kappa shape index (κ2) is 8.55. The van der Waals surface area contributed by atoms with Gasteiger partial charge in [-0.25, -0.2) is 0 Å². The molecule has 1 aliphatic carbocycles. The van der Waals surface area contributed by atoms with E-state index in [4.69, 9.17) is 9.84 Å². The minimum atomic E-state index is -0.882. The van der Waals surface area contributed by atoms with Gasteiger partial charge in [0.15, 0.2) is 0 Å². The standard InChI is InChI=1S/C14H23NO5/c1-2-20-14(19)10-6-8-11(9-7-10)15-12(16)4-3-5-13(17)18/h10-11H,2-9H2,1H3,(H,15,16)(H,17,18). The lowest BCUT2D eigenvalue weighted by molar-refractivity contribution is -0.149. The van der Waals surface area contributed by atoms with Crippen molar-refractivity contribution in [3.8, 4) is 0 Å². The Morgan fingerprint density at radius 1 is 1.15 bits per heavy atom. The Labute approximate surface area is 118 Å². The summed E-state index contributed by atoms with van der Waals surface area (Å²) in [5.41, 5.74) is 0. The number of amides is 1. The first kappa shape index (κ1) is 16.5. The summed E-state index contributed by atoms with van der Waals surface area (Å²) in [7, 11) is 0. The molecular weight excluding hydrogens is 262 g/mol. The third-order valence-electron chi connectivity index (χ3n) is 3.51. The summed E-state index contributed by atoms with van der Waals surface area (Å²) >= 11 is 0. The van der Waals surface area contributed by atoms with Crippen LogP contribution < -0.4 is 5.32 Å². The van der Waals surface area contributed by atoms with Crippen molar-refractivity contribution in [3.63, 3.8) is 0 Å². The molecule has 0 unspecified atom stereocenters. The smallest absolute Gasteiger partial charge is 0.308 e. The Hall–Kier alpha value is -1.59. The second-order valence-electron chi connectivity index (χ2n) is 5.12. The van der Waals surface area contributed by atoms with E-state index in [2.05, 4.69) is 5.32 Å². The summed E-state index contributed by atoms with van der Waals surface area (Å²) in [5.74, 6) is -1.17. The third-order valence-corrected chi connectivity index (χ3v) is 3.51. The number of carbonyl (C=O) groups excluding carboxylic acids is 2. The topological polar surface area (TPSA) is 92.7 Å². The van der Waals surface area contributed by atoms with Gasteiger partial charge < -0.3 is 15.2 Å². The highest BCUT2D eigenvalue weighted by Gasteiger charge is 2.27. The van der Waals surface area contributed by atoms with E-state index in [-0.39, 0.29) is 36.7 Å². The van der Waals surface area contributed by atoms with Crippen molar-refractivity contribution in [1.82, 2.24) is 5.32 Å². The fourth-order valence-electron chi connectivity index (χ4n) is 2.43. The lowest BCUT2D eigenvalue weighted by atomic mass is 9.86. The van der Waals surface area contributed by atoms with Crippen molar-refractivity contribution >= 4 is 17.8 Å². The molecule has 6 heteroatoms. The summed E-state index contributed by atoms with van der Waals surface area (Å²) in [4.78, 5) is 33.5. The zero-order chi connectivity index (χ0) is 15.0. The molecule has 114 valence electrons. The predicted octanol–water partition coefficient (Wildman–Crippen LogP) is 1.48. The van der Waals surface area contributed by atoms with Gasteiger partial charge in [0.05, 0.1) is 12.5 Å². The zero-order valence-electron chi connectivity index (χ0n) is 11.9. The Bertz CT molecular complexity index is 347. The van der Waals surface area contributed by atoms with Gasteiger partial charge in [-0.2, -0.15) is 0 Å². The van der Waals surface area contributed by atoms with Crippen LogP contribution in [-0.2, 0) is 19.1 Å². The van der Waals surface area contributed by atoms with Gasteiger partial charge in [0, 0.05) is 18.9 Å². The molecule has 2 N–H and O–H groups in total. The number of hydrogen-bond donors (Lipinski definition) is 2. The van der Waals surface area contributed by atoms with Crippen LogP contribution in [0.5, 0.6) is 0 Å². The molecule has 20 heavy (non-hydrogen) atoms. The lowest BCUT2D eigenvalue weighted by Gasteiger charge is -2.27. The molecule has 0 spiro atoms. The van der Waals surface area contributed by atoms with Crippen molar-refractivity contribution in [1.29, 1.82) is 0 Å². The van der Waals surface area contributed by atoms with Gasteiger partial charge >= 0.3 is 11.9 Å². The first-order valence-corrected chi connectivity index (χ1v) is 7.20. The molecule has 1 fully saturated rings. The molecule has 1 aliphatic rings. The van der Waals surface area contributed by atoms with Crippen molar-refractivity contribution in [2.45, 2.75) is 57.9 Å². The van der Waals surface area contributed by atoms with Crippen LogP contribution in [0.2, 0.25) is 0 Å². The number of hydrogen-bond acceptors (Lipinski definition) is 4. The lowest BCUT2D eigenvalue weighted by Crippen LogP contribution is -2.38. The van der Waals surface area contributed by atoms with Gasteiger partial charge in [0.2, 0.25) is 5.91 Å². The Balaban J connectivity index is 2.20. The van der Waals surface area contributed by atoms with Gasteiger partial charge in [0.1, 0.15) is 0 Å². The quantitative estimate of drug-likeness (QED) is 0.691. The molecular formula is C14H23NO5. The minimum Gasteiger partial charge on any atom is -0.481 e. The van der Waals surface area contributed by atoms with Crippen molar-refractivity contribution in [3.05, 3.63) is 0 Å². The molecule has 1 amide bonds. The number of carboxylic acids is 1. The van der Waals surface area contributed by atoms with E-state index in [1.54, 1.807) is 6.92 Å². The van der Waals surface area contributed by atoms with Crippen molar-refractivity contribution in [2.24, 2.45) is 5.92 Å². The highest BCUT2D eigenvalue weighted by atomic mass is 16.5. The van der Waals surface area contributed by atoms with Crippen LogP contribution in [0.4, 0.5) is 0 Å². The van der Waals surface area contributed by atoms with Crippen molar-refractivity contribution in [2.75, 3.05) is 6.61 Å². The molecule has 0 aromatic rings. The first-order valence-electron chi connectivity index (χ1n) is 7.20. The average molecular weight is 285 g/mol. The zero-order valence-corrected chi connectivity index (χ0v) is 11.9. The van der Waals surface area contributed by atoms with Crippen molar-refractivity contribution < 1.29 is 24.2 Å². The Kier molecular flexibility index (Phi) is 7.04. The average Bonchev–Trinajstić information content (AvgIpc) is 2.39. The van der Waals surface area contributed by atoms with E-state index in [1.165, 1.54) is 0 Å². The molecule has 1 rings (SSSR count). The number of ether oxygens (including phenoxy) is 1. The van der Waals surface area contributed by atoms with E-state index < -0.39 is 5.97 Å². The van der Waals surface area contributed by atoms with Gasteiger partial charge in [-0.05, 0) is 39.0 Å². The van der Waals surface area contributed by atoms with E-state index in [9.17, 15) is 14.4 Å². The molecule has 6 nitrogen and oxygen atoms in total. The maximum atomic E-state index is 11.6. The maximum absolute atomic E-state index is 11.6. The highest BCUT2D eigenvalue weighted by Crippen LogP contribution is 2.25. The molecule has 1 saturated carbocycles. The number of aliphatic carboxylic acids is 1. The van der Waals surface area contributed by atoms with Crippen LogP contribution in [0.25, 0.3) is 0 Å². The number of carbonyl (C=O) groups is 3. The number of carboxylic acid groups (broad SMARTS) is 1. The van der Waals surface area contributed by atoms with Crippen LogP contribution >= 0.6 is 0 Å². The fourth-order valence-corrected chi connectivity index (χ4v) is 2.43. The van der Waals surface area contributed by atoms with Gasteiger partial charge in [0.25, 0.3) is 0 Å². The van der Waals surface area contributed by atoms with E-state index in [0.29, 0.717) is 13.0 Å². The van der Waals surface area contributed by atoms with Crippen LogP contribution in [0.3, 0.4) is 0 Å². The maximum Gasteiger partial charge on any atom is 0.308 e. The van der Waals surface area contributed by atoms with Crippen LogP contribution in [0, 0.1) is 5.92 Å². The Morgan fingerprint density at radius 3 is 2.35 bits per heavy atom. The molecule has 0 radical (unpaired) electrons. The highest BCUT2D eigenvalue weighted by molar-refractivity contribution is 5.77. The monoisotopic (exact) mass is 285 g/mol. The second-order valence-corrected chi connectivity index (χ2v) is 5.12. The third kappa shape index (κ3) is 6.04. The summed E-state index contributed by atoms with van der Waals surface area (Å²) in [6, 6.07) is 0.0954. The van der Waals surface area contributed by atoms with E-state index >= 15 is 0 Å². The summed E-state index contributed by atoms with van der Waals surface area (Å²) in [6.07, 6.45) is 3.63. The van der Waals surface area contributed by atoms with E-state index in [1.807, 2.05) is 0 Å². The molecule has 0 aromatic carbocycles. The fraction of sp³-hybridized carbons (Fsp3) is 0.786. The van der Waals surface area contributed by atoms with E-state index in [0.717, 1.165) is 25.7 Å². The van der Waals surface area contributed by atoms with Crippen LogP contribution in [0.15, 0.2) is 0 Å². The van der Waals surface area contributed by atoms with Crippen LogP contribution in [0.1, 0.15) is 51.9 Å². The number of rotatable bonds is 7. The summed E-state index contributed by atoms with van der Waals surface area (Å²) < 4.78 is 4.99. The number of esters is 1. The molecule has 0 aromatic heterocycles. The summed E-state index contributed by atoms with van der Waals surface area (Å²) in [5, 5.41) is 11.4. The van der Waals surface area contributed by atoms with Gasteiger partial charge in [-0.3, -0.25) is 14.4 Å². The van der Waals surface area contributed by atoms with Gasteiger partial charge in [-0.15, -0.1) is 0 Å². The first-order chi connectivity index (χ1) is 9.52. The molecule has 0 aliphatic heterocycles. The summed E-state index contributed by atoms with van der Waals surface area (Å²) in [6.45, 7) is 2.19.